The van der Waals surface area contributed by atoms with Crippen LogP contribution in [-0.4, -0.2) is 91.3 Å². The number of thioether (sulfide) groups is 1. The van der Waals surface area contributed by atoms with E-state index in [1.165, 1.54) is 30.0 Å². The van der Waals surface area contributed by atoms with Crippen LogP contribution in [0, 0.1) is 11.7 Å². The van der Waals surface area contributed by atoms with E-state index in [1.807, 2.05) is 25.7 Å². The van der Waals surface area contributed by atoms with Crippen molar-refractivity contribution in [3.63, 3.8) is 0 Å². The summed E-state index contributed by atoms with van der Waals surface area (Å²) in [6, 6.07) is 10.0. The maximum atomic E-state index is 14.6. The number of hydrogen-bond donors (Lipinski definition) is 3. The van der Waals surface area contributed by atoms with Gasteiger partial charge in [0.2, 0.25) is 5.91 Å². The van der Waals surface area contributed by atoms with E-state index in [-0.39, 0.29) is 42.2 Å². The number of aliphatic hydroxyl groups excluding tert-OH is 1. The molecule has 11 nitrogen and oxygen atoms in total. The number of amides is 2. The van der Waals surface area contributed by atoms with Gasteiger partial charge in [-0.2, -0.15) is 0 Å². The monoisotopic (exact) mass is 669 g/mol. The van der Waals surface area contributed by atoms with Crippen molar-refractivity contribution < 1.29 is 23.8 Å². The third-order valence-corrected chi connectivity index (χ3v) is 9.61. The highest BCUT2D eigenvalue weighted by Gasteiger charge is 2.51. The van der Waals surface area contributed by atoms with Crippen LogP contribution in [0.4, 0.5) is 26.4 Å². The Kier molecular flexibility index (Phi) is 9.38. The number of benzene rings is 1. The van der Waals surface area contributed by atoms with Gasteiger partial charge >= 0.3 is 6.09 Å². The molecule has 4 fully saturated rings. The molecule has 4 aliphatic rings. The Morgan fingerprint density at radius 1 is 1.09 bits per heavy atom. The van der Waals surface area contributed by atoms with Crippen molar-refractivity contribution in [1.29, 1.82) is 0 Å². The first-order valence-corrected chi connectivity index (χ1v) is 16.7. The first kappa shape index (κ1) is 32.4. The number of piperidine rings is 1. The molecule has 0 radical (unpaired) electrons. The minimum atomic E-state index is -0.514. The lowest BCUT2D eigenvalue weighted by atomic mass is 9.76. The van der Waals surface area contributed by atoms with Crippen molar-refractivity contribution in [1.82, 2.24) is 25.0 Å². The number of rotatable bonds is 9. The highest BCUT2D eigenvalue weighted by molar-refractivity contribution is 7.99. The van der Waals surface area contributed by atoms with Gasteiger partial charge in [0.05, 0.1) is 30.1 Å². The number of piperazine rings is 1. The molecule has 3 aromatic rings. The number of nitrogens with one attached hydrogen (secondary N) is 2. The third kappa shape index (κ3) is 7.22. The number of halogens is 2. The Labute approximate surface area is 276 Å². The summed E-state index contributed by atoms with van der Waals surface area (Å²) < 4.78 is 20.2. The standard InChI is InChI=1S/C32H37ClFN7O4S/c1-32(2,3)45-31(44)41-22-14-23(41)17-40(16-22)21-10-18(11-21)29(43)37-28-13-20(6-7-35-28)36-27-15-26(38-39-30(27)46-9-8-42)24-12-19(33)4-5-25(24)34/h4-7,12-13,15,18,21-23,42H,8-11,14,16-17H2,1-3H3,(H2,35,36,37,38,43). The van der Waals surface area contributed by atoms with Crippen LogP contribution in [0.2, 0.25) is 5.02 Å². The SMILES string of the molecule is CC(C)(C)OC(=O)N1C2CC1CN(C1CC(C(=O)Nc3cc(Nc4cc(-c5cc(Cl)ccc5F)nnc4SCCO)ccn3)C1)C2. The summed E-state index contributed by atoms with van der Waals surface area (Å²) in [6.45, 7) is 7.20. The molecule has 0 spiro atoms. The van der Waals surface area contributed by atoms with E-state index >= 15 is 0 Å². The van der Waals surface area contributed by atoms with E-state index in [9.17, 15) is 19.1 Å². The second kappa shape index (κ2) is 13.3. The van der Waals surface area contributed by atoms with Crippen molar-refractivity contribution in [2.45, 2.75) is 68.8 Å². The number of nitrogens with zero attached hydrogens (tertiary/aromatic N) is 5. The number of aliphatic hydroxyl groups is 1. The third-order valence-electron chi connectivity index (χ3n) is 8.41. The molecule has 3 N–H and O–H groups in total. The minimum absolute atomic E-state index is 0.0482. The first-order valence-electron chi connectivity index (χ1n) is 15.3. The molecular formula is C32H37ClFN7O4S. The molecule has 244 valence electrons. The maximum Gasteiger partial charge on any atom is 0.410 e. The summed E-state index contributed by atoms with van der Waals surface area (Å²) in [5.74, 6) is 0.118. The van der Waals surface area contributed by atoms with Crippen LogP contribution in [0.5, 0.6) is 0 Å². The maximum absolute atomic E-state index is 14.6. The van der Waals surface area contributed by atoms with Crippen molar-refractivity contribution in [2.24, 2.45) is 5.92 Å². The van der Waals surface area contributed by atoms with E-state index in [2.05, 4.69) is 30.7 Å². The van der Waals surface area contributed by atoms with Gasteiger partial charge in [0.25, 0.3) is 0 Å². The van der Waals surface area contributed by atoms with Gasteiger partial charge in [-0.1, -0.05) is 11.6 Å². The molecule has 3 saturated heterocycles. The van der Waals surface area contributed by atoms with Gasteiger partial charge in [0.1, 0.15) is 22.3 Å². The van der Waals surface area contributed by atoms with Gasteiger partial charge in [0, 0.05) is 59.3 Å². The number of carbonyl (C=O) groups excluding carboxylic acids is 2. The second-order valence-electron chi connectivity index (χ2n) is 12.9. The summed E-state index contributed by atoms with van der Waals surface area (Å²) in [7, 11) is 0. The molecule has 3 aliphatic heterocycles. The number of aromatic nitrogens is 3. The van der Waals surface area contributed by atoms with Gasteiger partial charge < -0.3 is 20.5 Å². The zero-order chi connectivity index (χ0) is 32.6. The van der Waals surface area contributed by atoms with Gasteiger partial charge in [-0.05, 0) is 70.4 Å². The Balaban J connectivity index is 1.06. The molecule has 2 unspecified atom stereocenters. The smallest absolute Gasteiger partial charge is 0.410 e. The molecule has 5 heterocycles. The molecule has 46 heavy (non-hydrogen) atoms. The largest absolute Gasteiger partial charge is 0.444 e. The second-order valence-corrected chi connectivity index (χ2v) is 14.4. The Morgan fingerprint density at radius 3 is 2.57 bits per heavy atom. The summed E-state index contributed by atoms with van der Waals surface area (Å²) in [4.78, 5) is 34.3. The Morgan fingerprint density at radius 2 is 1.85 bits per heavy atom. The zero-order valence-corrected chi connectivity index (χ0v) is 27.4. The van der Waals surface area contributed by atoms with Crippen molar-refractivity contribution >= 4 is 52.6 Å². The molecule has 2 bridgehead atoms. The normalized spacial score (nSPS) is 22.4. The van der Waals surface area contributed by atoms with E-state index in [0.717, 1.165) is 32.4 Å². The van der Waals surface area contributed by atoms with Crippen LogP contribution >= 0.6 is 23.4 Å². The molecular weight excluding hydrogens is 633 g/mol. The number of anilines is 3. The van der Waals surface area contributed by atoms with Crippen LogP contribution in [0.3, 0.4) is 0 Å². The van der Waals surface area contributed by atoms with Gasteiger partial charge in [-0.3, -0.25) is 14.6 Å². The predicted molar refractivity (Wildman–Crippen MR) is 175 cm³/mol. The molecule has 1 saturated carbocycles. The van der Waals surface area contributed by atoms with E-state index in [1.54, 1.807) is 24.4 Å². The van der Waals surface area contributed by atoms with Crippen LogP contribution < -0.4 is 10.6 Å². The highest BCUT2D eigenvalue weighted by Crippen LogP contribution is 2.40. The zero-order valence-electron chi connectivity index (χ0n) is 25.9. The molecule has 14 heteroatoms. The fourth-order valence-electron chi connectivity index (χ4n) is 6.16. The van der Waals surface area contributed by atoms with Gasteiger partial charge in [0.15, 0.2) is 0 Å². The number of fused-ring (bicyclic) bond motifs is 2. The quantitative estimate of drug-likeness (QED) is 0.249. The average Bonchev–Trinajstić information content (AvgIpc) is 2.96. The minimum Gasteiger partial charge on any atom is -0.444 e. The van der Waals surface area contributed by atoms with Crippen molar-refractivity contribution in [3.05, 3.63) is 53.4 Å². The molecule has 7 rings (SSSR count). The number of carbonyl (C=O) groups is 2. The number of ether oxygens (including phenoxy) is 1. The molecule has 1 aromatic carbocycles. The van der Waals surface area contributed by atoms with E-state index in [4.69, 9.17) is 16.3 Å². The predicted octanol–water partition coefficient (Wildman–Crippen LogP) is 5.57. The van der Waals surface area contributed by atoms with Crippen LogP contribution in [0.25, 0.3) is 11.3 Å². The molecule has 1 aliphatic carbocycles. The summed E-state index contributed by atoms with van der Waals surface area (Å²) in [5.41, 5.74) is 1.18. The van der Waals surface area contributed by atoms with E-state index in [0.29, 0.717) is 44.7 Å². The van der Waals surface area contributed by atoms with Crippen molar-refractivity contribution in [3.8, 4) is 11.3 Å². The number of pyridine rings is 1. The first-order chi connectivity index (χ1) is 22.0. The summed E-state index contributed by atoms with van der Waals surface area (Å²) >= 11 is 7.40. The van der Waals surface area contributed by atoms with Gasteiger partial charge in [-0.15, -0.1) is 22.0 Å². The highest BCUT2D eigenvalue weighted by atomic mass is 35.5. The van der Waals surface area contributed by atoms with Crippen LogP contribution in [0.15, 0.2) is 47.6 Å². The Hall–Kier alpha value is -3.52. The summed E-state index contributed by atoms with van der Waals surface area (Å²) in [5, 5.41) is 24.9. The Bertz CT molecular complexity index is 1610. The molecule has 2 atom stereocenters. The topological polar surface area (TPSA) is 133 Å². The summed E-state index contributed by atoms with van der Waals surface area (Å²) in [6.07, 6.45) is 3.86. The van der Waals surface area contributed by atoms with Crippen LogP contribution in [0.1, 0.15) is 40.0 Å². The van der Waals surface area contributed by atoms with Gasteiger partial charge in [-0.25, -0.2) is 14.2 Å². The lowest BCUT2D eigenvalue weighted by Gasteiger charge is -2.58. The van der Waals surface area contributed by atoms with E-state index < -0.39 is 11.4 Å². The fourth-order valence-corrected chi connectivity index (χ4v) is 6.98. The lowest BCUT2D eigenvalue weighted by molar-refractivity contribution is -0.128. The average molecular weight is 670 g/mol. The van der Waals surface area contributed by atoms with Crippen LogP contribution in [-0.2, 0) is 9.53 Å². The molecule has 2 aromatic heterocycles. The lowest BCUT2D eigenvalue weighted by Crippen LogP contribution is -2.72. The van der Waals surface area contributed by atoms with Crippen molar-refractivity contribution in [2.75, 3.05) is 36.1 Å². The molecule has 2 amide bonds. The number of hydrogen-bond acceptors (Lipinski definition) is 10. The fraction of sp³-hybridized carbons (Fsp3) is 0.469.